The molecule has 1 saturated carbocycles. The molecule has 3 nitrogen and oxygen atoms in total. The van der Waals surface area contributed by atoms with Crippen LogP contribution in [0, 0.1) is 11.2 Å². The predicted octanol–water partition coefficient (Wildman–Crippen LogP) is 2.88. The van der Waals surface area contributed by atoms with Gasteiger partial charge < -0.3 is 4.42 Å². The van der Waals surface area contributed by atoms with Crippen LogP contribution >= 0.6 is 0 Å². The monoisotopic (exact) mass is 234 g/mol. The van der Waals surface area contributed by atoms with Crippen LogP contribution in [0.1, 0.15) is 31.6 Å². The number of hydrogen-bond donors (Lipinski definition) is 2. The van der Waals surface area contributed by atoms with Gasteiger partial charge in [-0.2, -0.15) is 0 Å². The maximum absolute atomic E-state index is 13.5. The second kappa shape index (κ2) is 3.55. The zero-order valence-corrected chi connectivity index (χ0v) is 9.66. The number of hydrogen-bond acceptors (Lipinski definition) is 3. The van der Waals surface area contributed by atoms with Crippen LogP contribution in [0.5, 0.6) is 0 Å². The van der Waals surface area contributed by atoms with Crippen molar-refractivity contribution in [2.45, 2.75) is 25.8 Å². The van der Waals surface area contributed by atoms with Crippen LogP contribution in [-0.4, -0.2) is 0 Å². The van der Waals surface area contributed by atoms with Crippen molar-refractivity contribution in [2.24, 2.45) is 11.3 Å². The van der Waals surface area contributed by atoms with Crippen molar-refractivity contribution in [3.63, 3.8) is 0 Å². The van der Waals surface area contributed by atoms with E-state index in [1.54, 1.807) is 6.07 Å². The molecule has 0 saturated heterocycles. The smallest absolute Gasteiger partial charge is 0.169 e. The molecule has 0 spiro atoms. The maximum Gasteiger partial charge on any atom is 0.169 e. The lowest BCUT2D eigenvalue weighted by atomic mass is 9.97. The van der Waals surface area contributed by atoms with Gasteiger partial charge in [0.25, 0.3) is 0 Å². The molecule has 0 amide bonds. The van der Waals surface area contributed by atoms with Crippen LogP contribution < -0.4 is 11.3 Å². The Bertz CT molecular complexity index is 560. The molecule has 17 heavy (non-hydrogen) atoms. The Morgan fingerprint density at radius 1 is 1.47 bits per heavy atom. The van der Waals surface area contributed by atoms with E-state index in [-0.39, 0.29) is 17.3 Å². The minimum atomic E-state index is -0.328. The summed E-state index contributed by atoms with van der Waals surface area (Å²) in [5.41, 5.74) is 3.24. The van der Waals surface area contributed by atoms with Crippen LogP contribution in [-0.2, 0) is 0 Å². The fourth-order valence-electron chi connectivity index (χ4n) is 2.30. The van der Waals surface area contributed by atoms with Gasteiger partial charge in [0.15, 0.2) is 11.4 Å². The van der Waals surface area contributed by atoms with E-state index in [0.29, 0.717) is 11.3 Å². The highest BCUT2D eigenvalue weighted by molar-refractivity contribution is 5.78. The first kappa shape index (κ1) is 10.7. The first-order valence-corrected chi connectivity index (χ1v) is 5.78. The standard InChI is InChI=1S/C13H15FN2O/c1-13(5-6-13)12(16-15)10-7-8-3-2-4-9(14)11(8)17-10/h2-4,7,12,16H,5-6,15H2,1H3. The molecular formula is C13H15FN2O. The summed E-state index contributed by atoms with van der Waals surface area (Å²) >= 11 is 0. The largest absolute Gasteiger partial charge is 0.456 e. The van der Waals surface area contributed by atoms with E-state index in [9.17, 15) is 4.39 Å². The average Bonchev–Trinajstić information content (AvgIpc) is 2.89. The SMILES string of the molecule is CC1(C(NN)c2cc3cccc(F)c3o2)CC1. The highest BCUT2D eigenvalue weighted by Crippen LogP contribution is 2.54. The van der Waals surface area contributed by atoms with Gasteiger partial charge in [0, 0.05) is 5.39 Å². The molecule has 3 N–H and O–H groups in total. The van der Waals surface area contributed by atoms with E-state index < -0.39 is 0 Å². The maximum atomic E-state index is 13.5. The minimum Gasteiger partial charge on any atom is -0.456 e. The molecule has 0 aliphatic heterocycles. The van der Waals surface area contributed by atoms with E-state index in [1.807, 2.05) is 12.1 Å². The number of nitrogens with one attached hydrogen (secondary N) is 1. The Kier molecular flexibility index (Phi) is 2.24. The summed E-state index contributed by atoms with van der Waals surface area (Å²) in [5, 5.41) is 0.782. The number of benzene rings is 1. The zero-order chi connectivity index (χ0) is 12.0. The lowest BCUT2D eigenvalue weighted by molar-refractivity contribution is 0.318. The van der Waals surface area contributed by atoms with Crippen LogP contribution in [0.25, 0.3) is 11.0 Å². The summed E-state index contributed by atoms with van der Waals surface area (Å²) in [7, 11) is 0. The number of para-hydroxylation sites is 1. The third-order valence-corrected chi connectivity index (χ3v) is 3.70. The van der Waals surface area contributed by atoms with Crippen molar-refractivity contribution < 1.29 is 8.81 Å². The minimum absolute atomic E-state index is 0.0469. The highest BCUT2D eigenvalue weighted by atomic mass is 19.1. The summed E-state index contributed by atoms with van der Waals surface area (Å²) in [4.78, 5) is 0. The lowest BCUT2D eigenvalue weighted by Gasteiger charge is -2.19. The zero-order valence-electron chi connectivity index (χ0n) is 9.66. The highest BCUT2D eigenvalue weighted by Gasteiger charge is 2.46. The second-order valence-electron chi connectivity index (χ2n) is 5.06. The molecule has 1 heterocycles. The Labute approximate surface area is 98.8 Å². The summed E-state index contributed by atoms with van der Waals surface area (Å²) in [6.07, 6.45) is 2.22. The van der Waals surface area contributed by atoms with Crippen LogP contribution in [0.4, 0.5) is 4.39 Å². The van der Waals surface area contributed by atoms with Gasteiger partial charge in [-0.25, -0.2) is 9.82 Å². The summed E-state index contributed by atoms with van der Waals surface area (Å²) < 4.78 is 19.1. The fourth-order valence-corrected chi connectivity index (χ4v) is 2.30. The molecule has 90 valence electrons. The molecule has 1 aliphatic carbocycles. The van der Waals surface area contributed by atoms with Crippen molar-refractivity contribution in [3.8, 4) is 0 Å². The Balaban J connectivity index is 2.08. The van der Waals surface area contributed by atoms with Crippen molar-refractivity contribution in [3.05, 3.63) is 35.8 Å². The third-order valence-electron chi connectivity index (χ3n) is 3.70. The van der Waals surface area contributed by atoms with E-state index in [2.05, 4.69) is 12.3 Å². The number of rotatable bonds is 3. The van der Waals surface area contributed by atoms with E-state index in [0.717, 1.165) is 18.2 Å². The molecule has 1 unspecified atom stereocenters. The third kappa shape index (κ3) is 1.64. The van der Waals surface area contributed by atoms with Crippen molar-refractivity contribution >= 4 is 11.0 Å². The van der Waals surface area contributed by atoms with Crippen molar-refractivity contribution in [1.82, 2.24) is 5.43 Å². The van der Waals surface area contributed by atoms with Gasteiger partial charge >= 0.3 is 0 Å². The molecule has 3 rings (SSSR count). The molecule has 1 aliphatic rings. The van der Waals surface area contributed by atoms with E-state index in [4.69, 9.17) is 10.3 Å². The molecule has 1 aromatic heterocycles. The van der Waals surface area contributed by atoms with Crippen molar-refractivity contribution in [1.29, 1.82) is 0 Å². The molecule has 4 heteroatoms. The van der Waals surface area contributed by atoms with Gasteiger partial charge in [-0.15, -0.1) is 0 Å². The lowest BCUT2D eigenvalue weighted by Crippen LogP contribution is -2.33. The topological polar surface area (TPSA) is 51.2 Å². The van der Waals surface area contributed by atoms with Gasteiger partial charge in [-0.3, -0.25) is 5.84 Å². The summed E-state index contributed by atoms with van der Waals surface area (Å²) in [6, 6.07) is 6.75. The normalized spacial score (nSPS) is 19.5. The average molecular weight is 234 g/mol. The van der Waals surface area contributed by atoms with Gasteiger partial charge in [0.05, 0.1) is 6.04 Å². The first-order valence-electron chi connectivity index (χ1n) is 5.78. The Morgan fingerprint density at radius 3 is 2.82 bits per heavy atom. The molecule has 0 bridgehead atoms. The number of nitrogens with two attached hydrogens (primary N) is 1. The molecular weight excluding hydrogens is 219 g/mol. The number of hydrazine groups is 1. The second-order valence-corrected chi connectivity index (χ2v) is 5.06. The number of fused-ring (bicyclic) bond motifs is 1. The van der Waals surface area contributed by atoms with Crippen LogP contribution in [0.3, 0.4) is 0 Å². The predicted molar refractivity (Wildman–Crippen MR) is 63.6 cm³/mol. The van der Waals surface area contributed by atoms with E-state index >= 15 is 0 Å². The van der Waals surface area contributed by atoms with Crippen LogP contribution in [0.15, 0.2) is 28.7 Å². The molecule has 1 aromatic carbocycles. The quantitative estimate of drug-likeness (QED) is 0.634. The van der Waals surface area contributed by atoms with Gasteiger partial charge in [-0.05, 0) is 30.4 Å². The molecule has 0 radical (unpaired) electrons. The van der Waals surface area contributed by atoms with Crippen molar-refractivity contribution in [2.75, 3.05) is 0 Å². The van der Waals surface area contributed by atoms with Gasteiger partial charge in [-0.1, -0.05) is 19.1 Å². The molecule has 2 aromatic rings. The van der Waals surface area contributed by atoms with Crippen LogP contribution in [0.2, 0.25) is 0 Å². The number of halogens is 1. The molecule has 1 atom stereocenters. The fraction of sp³-hybridized carbons (Fsp3) is 0.385. The summed E-state index contributed by atoms with van der Waals surface area (Å²) in [6.45, 7) is 2.15. The van der Waals surface area contributed by atoms with E-state index in [1.165, 1.54) is 6.07 Å². The summed E-state index contributed by atoms with van der Waals surface area (Å²) in [5.74, 6) is 5.97. The Morgan fingerprint density at radius 2 is 2.24 bits per heavy atom. The van der Waals surface area contributed by atoms with Gasteiger partial charge in [0.1, 0.15) is 5.76 Å². The number of furan rings is 1. The molecule has 1 fully saturated rings. The van der Waals surface area contributed by atoms with Gasteiger partial charge in [0.2, 0.25) is 0 Å². The Hall–Kier alpha value is -1.39. The first-order chi connectivity index (χ1) is 8.14.